The molecule has 28 heavy (non-hydrogen) atoms. The molecule has 0 saturated carbocycles. The van der Waals surface area contributed by atoms with E-state index in [2.05, 4.69) is 10.3 Å². The van der Waals surface area contributed by atoms with Gasteiger partial charge in [0.05, 0.1) is 18.8 Å². The molecule has 142 valence electrons. The Balaban J connectivity index is 1.37. The van der Waals surface area contributed by atoms with Gasteiger partial charge in [0, 0.05) is 25.0 Å². The van der Waals surface area contributed by atoms with Crippen LogP contribution in [0.15, 0.2) is 72.9 Å². The maximum Gasteiger partial charge on any atom is 0.255 e. The first-order valence-electron chi connectivity index (χ1n) is 9.21. The molecule has 2 aromatic carbocycles. The van der Waals surface area contributed by atoms with E-state index in [9.17, 15) is 4.79 Å². The number of carbonyl (C=O) groups excluding carboxylic acids is 1. The van der Waals surface area contributed by atoms with Crippen molar-refractivity contribution in [2.24, 2.45) is 0 Å². The fourth-order valence-electron chi connectivity index (χ4n) is 2.92. The van der Waals surface area contributed by atoms with Crippen molar-refractivity contribution < 1.29 is 14.3 Å². The molecule has 0 radical (unpaired) electrons. The van der Waals surface area contributed by atoms with E-state index in [4.69, 9.17) is 9.47 Å². The third-order valence-corrected chi connectivity index (χ3v) is 4.41. The molecule has 0 spiro atoms. The summed E-state index contributed by atoms with van der Waals surface area (Å²) in [5.74, 6) is 2.22. The Morgan fingerprint density at radius 3 is 2.32 bits per heavy atom. The number of pyridine rings is 1. The van der Waals surface area contributed by atoms with Crippen molar-refractivity contribution in [1.29, 1.82) is 0 Å². The average molecular weight is 375 g/mol. The number of nitrogens with one attached hydrogen (secondary N) is 1. The number of rotatable bonds is 5. The molecular formula is C22H21N3O3. The van der Waals surface area contributed by atoms with Gasteiger partial charge in [-0.3, -0.25) is 4.79 Å². The van der Waals surface area contributed by atoms with Crippen LogP contribution < -0.4 is 10.1 Å². The summed E-state index contributed by atoms with van der Waals surface area (Å²) < 4.78 is 11.1. The molecule has 6 nitrogen and oxygen atoms in total. The minimum absolute atomic E-state index is 0.00948. The zero-order valence-corrected chi connectivity index (χ0v) is 15.4. The van der Waals surface area contributed by atoms with Gasteiger partial charge in [-0.05, 0) is 48.5 Å². The fourth-order valence-corrected chi connectivity index (χ4v) is 2.92. The maximum absolute atomic E-state index is 12.5. The van der Waals surface area contributed by atoms with Crippen LogP contribution in [0, 0.1) is 0 Å². The molecule has 1 fully saturated rings. The first-order valence-corrected chi connectivity index (χ1v) is 9.21. The highest BCUT2D eigenvalue weighted by Gasteiger charge is 2.18. The molecule has 1 aliphatic heterocycles. The largest absolute Gasteiger partial charge is 0.457 e. The Bertz CT molecular complexity index is 906. The van der Waals surface area contributed by atoms with Crippen molar-refractivity contribution in [1.82, 2.24) is 9.88 Å². The van der Waals surface area contributed by atoms with Crippen molar-refractivity contribution in [3.8, 4) is 11.5 Å². The Kier molecular flexibility index (Phi) is 5.49. The molecule has 0 bridgehead atoms. The van der Waals surface area contributed by atoms with E-state index < -0.39 is 0 Å². The van der Waals surface area contributed by atoms with Gasteiger partial charge in [0.1, 0.15) is 17.3 Å². The lowest BCUT2D eigenvalue weighted by Gasteiger charge is -2.26. The molecule has 3 aromatic rings. The summed E-state index contributed by atoms with van der Waals surface area (Å²) in [6, 6.07) is 20.9. The van der Waals surface area contributed by atoms with Crippen LogP contribution in [-0.2, 0) is 4.74 Å². The van der Waals surface area contributed by atoms with Gasteiger partial charge in [0.15, 0.2) is 0 Å². The van der Waals surface area contributed by atoms with Crippen molar-refractivity contribution in [2.75, 3.05) is 31.6 Å². The van der Waals surface area contributed by atoms with E-state index >= 15 is 0 Å². The molecule has 0 atom stereocenters. The third kappa shape index (κ3) is 4.47. The molecule has 1 amide bonds. The second-order valence-electron chi connectivity index (χ2n) is 6.40. The van der Waals surface area contributed by atoms with Crippen molar-refractivity contribution in [3.05, 3.63) is 78.5 Å². The highest BCUT2D eigenvalue weighted by Crippen LogP contribution is 2.24. The Labute approximate surface area is 163 Å². The lowest BCUT2D eigenvalue weighted by atomic mass is 10.2. The molecule has 1 aromatic heterocycles. The standard InChI is InChI=1S/C22H21N3O3/c26-22(25-12-14-27-15-13-25)17-6-11-21(23-16-17)24-18-7-9-20(10-8-18)28-19-4-2-1-3-5-19/h1-11,16H,12-15H2,(H,23,24). The Morgan fingerprint density at radius 2 is 1.64 bits per heavy atom. The zero-order valence-electron chi connectivity index (χ0n) is 15.4. The number of hydrogen-bond acceptors (Lipinski definition) is 5. The first-order chi connectivity index (χ1) is 13.8. The third-order valence-electron chi connectivity index (χ3n) is 4.41. The second kappa shape index (κ2) is 8.54. The van der Waals surface area contributed by atoms with Gasteiger partial charge in [0.25, 0.3) is 5.91 Å². The van der Waals surface area contributed by atoms with E-state index in [1.165, 1.54) is 0 Å². The second-order valence-corrected chi connectivity index (χ2v) is 6.40. The van der Waals surface area contributed by atoms with E-state index in [-0.39, 0.29) is 5.91 Å². The van der Waals surface area contributed by atoms with E-state index in [1.54, 1.807) is 17.2 Å². The summed E-state index contributed by atoms with van der Waals surface area (Å²) in [5, 5.41) is 3.23. The van der Waals surface area contributed by atoms with Gasteiger partial charge in [0.2, 0.25) is 0 Å². The van der Waals surface area contributed by atoms with Crippen molar-refractivity contribution in [2.45, 2.75) is 0 Å². The summed E-state index contributed by atoms with van der Waals surface area (Å²) in [4.78, 5) is 18.6. The minimum Gasteiger partial charge on any atom is -0.457 e. The molecule has 0 aliphatic carbocycles. The molecule has 0 unspecified atom stereocenters. The van der Waals surface area contributed by atoms with Gasteiger partial charge in [-0.1, -0.05) is 18.2 Å². The molecule has 6 heteroatoms. The fraction of sp³-hybridized carbons (Fsp3) is 0.182. The van der Waals surface area contributed by atoms with Crippen LogP contribution in [0.3, 0.4) is 0 Å². The number of aromatic nitrogens is 1. The lowest BCUT2D eigenvalue weighted by molar-refractivity contribution is 0.0302. The van der Waals surface area contributed by atoms with E-state index in [0.717, 1.165) is 17.2 Å². The van der Waals surface area contributed by atoms with Gasteiger partial charge in [-0.2, -0.15) is 0 Å². The van der Waals surface area contributed by atoms with Crippen LogP contribution in [0.2, 0.25) is 0 Å². The number of benzene rings is 2. The predicted octanol–water partition coefficient (Wildman–Crippen LogP) is 4.09. The number of nitrogens with zero attached hydrogens (tertiary/aromatic N) is 2. The average Bonchev–Trinajstić information content (AvgIpc) is 2.76. The van der Waals surface area contributed by atoms with Gasteiger partial charge >= 0.3 is 0 Å². The molecular weight excluding hydrogens is 354 g/mol. The predicted molar refractivity (Wildman–Crippen MR) is 107 cm³/mol. The SMILES string of the molecule is O=C(c1ccc(Nc2ccc(Oc3ccccc3)cc2)nc1)N1CCOCC1. The Morgan fingerprint density at radius 1 is 0.929 bits per heavy atom. The molecule has 1 aliphatic rings. The minimum atomic E-state index is -0.00948. The maximum atomic E-state index is 12.5. The monoisotopic (exact) mass is 375 g/mol. The van der Waals surface area contributed by atoms with Gasteiger partial charge in [-0.25, -0.2) is 4.98 Å². The Hall–Kier alpha value is -3.38. The van der Waals surface area contributed by atoms with Crippen LogP contribution in [0.1, 0.15) is 10.4 Å². The van der Waals surface area contributed by atoms with Gasteiger partial charge in [-0.15, -0.1) is 0 Å². The van der Waals surface area contributed by atoms with Gasteiger partial charge < -0.3 is 19.7 Å². The number of hydrogen-bond donors (Lipinski definition) is 1. The topological polar surface area (TPSA) is 63.7 Å². The summed E-state index contributed by atoms with van der Waals surface area (Å²) in [7, 11) is 0. The lowest BCUT2D eigenvalue weighted by Crippen LogP contribution is -2.40. The number of para-hydroxylation sites is 1. The van der Waals surface area contributed by atoms with Crippen LogP contribution in [0.5, 0.6) is 11.5 Å². The van der Waals surface area contributed by atoms with E-state index in [1.807, 2.05) is 60.7 Å². The molecule has 1 saturated heterocycles. The highest BCUT2D eigenvalue weighted by atomic mass is 16.5. The first kappa shape index (κ1) is 18.0. The number of anilines is 2. The summed E-state index contributed by atoms with van der Waals surface area (Å²) in [6.45, 7) is 2.41. The zero-order chi connectivity index (χ0) is 19.2. The number of morpholine rings is 1. The molecule has 4 rings (SSSR count). The molecule has 2 heterocycles. The van der Waals surface area contributed by atoms with Crippen LogP contribution in [0.25, 0.3) is 0 Å². The summed E-state index contributed by atoms with van der Waals surface area (Å²) in [6.07, 6.45) is 1.60. The van der Waals surface area contributed by atoms with Crippen LogP contribution >= 0.6 is 0 Å². The summed E-state index contributed by atoms with van der Waals surface area (Å²) >= 11 is 0. The quantitative estimate of drug-likeness (QED) is 0.728. The number of ether oxygens (including phenoxy) is 2. The smallest absolute Gasteiger partial charge is 0.255 e. The van der Waals surface area contributed by atoms with Crippen LogP contribution in [-0.4, -0.2) is 42.1 Å². The van der Waals surface area contributed by atoms with Crippen molar-refractivity contribution in [3.63, 3.8) is 0 Å². The van der Waals surface area contributed by atoms with E-state index in [0.29, 0.717) is 37.7 Å². The van der Waals surface area contributed by atoms with Crippen LogP contribution in [0.4, 0.5) is 11.5 Å². The van der Waals surface area contributed by atoms with Crippen molar-refractivity contribution >= 4 is 17.4 Å². The highest BCUT2D eigenvalue weighted by molar-refractivity contribution is 5.94. The number of amides is 1. The normalized spacial score (nSPS) is 13.8. The molecule has 1 N–H and O–H groups in total. The number of carbonyl (C=O) groups is 1. The summed E-state index contributed by atoms with van der Waals surface area (Å²) in [5.41, 5.74) is 1.47.